The fourth-order valence-electron chi connectivity index (χ4n) is 1.82. The summed E-state index contributed by atoms with van der Waals surface area (Å²) >= 11 is 0. The molecule has 0 aromatic heterocycles. The number of aryl methyl sites for hydroxylation is 1. The summed E-state index contributed by atoms with van der Waals surface area (Å²) in [6.45, 7) is 3.22. The lowest BCUT2D eigenvalue weighted by Crippen LogP contribution is -2.37. The molecule has 1 rings (SSSR count). The predicted molar refractivity (Wildman–Crippen MR) is 66.3 cm³/mol. The molecule has 1 atom stereocenters. The third-order valence-corrected chi connectivity index (χ3v) is 2.56. The topological polar surface area (TPSA) is 15.3 Å². The van der Waals surface area contributed by atoms with Gasteiger partial charge in [0, 0.05) is 12.6 Å². The van der Waals surface area contributed by atoms with Crippen molar-refractivity contribution in [1.82, 2.24) is 10.2 Å². The molecule has 1 unspecified atom stereocenters. The highest BCUT2D eigenvalue weighted by Crippen LogP contribution is 2.07. The largest absolute Gasteiger partial charge is 0.315 e. The van der Waals surface area contributed by atoms with Crippen LogP contribution in [0.25, 0.3) is 0 Å². The zero-order valence-electron chi connectivity index (χ0n) is 10.2. The first-order chi connectivity index (χ1) is 7.11. The molecule has 0 spiro atoms. The molecule has 1 aromatic carbocycles. The van der Waals surface area contributed by atoms with Crippen molar-refractivity contribution in [3.05, 3.63) is 35.4 Å². The van der Waals surface area contributed by atoms with E-state index in [1.165, 1.54) is 11.1 Å². The van der Waals surface area contributed by atoms with Crippen LogP contribution >= 0.6 is 0 Å². The van der Waals surface area contributed by atoms with E-state index in [4.69, 9.17) is 0 Å². The molecule has 0 bridgehead atoms. The van der Waals surface area contributed by atoms with Gasteiger partial charge in [-0.2, -0.15) is 0 Å². The van der Waals surface area contributed by atoms with Crippen LogP contribution in [0.4, 0.5) is 0 Å². The molecule has 0 amide bonds. The van der Waals surface area contributed by atoms with E-state index < -0.39 is 0 Å². The van der Waals surface area contributed by atoms with Gasteiger partial charge in [0.2, 0.25) is 0 Å². The van der Waals surface area contributed by atoms with Gasteiger partial charge in [-0.15, -0.1) is 0 Å². The molecular weight excluding hydrogens is 184 g/mol. The van der Waals surface area contributed by atoms with E-state index in [1.807, 2.05) is 7.05 Å². The number of likely N-dealkylation sites (N-methyl/N-ethyl adjacent to an activating group) is 2. The fourth-order valence-corrected chi connectivity index (χ4v) is 1.82. The first kappa shape index (κ1) is 12.2. The lowest BCUT2D eigenvalue weighted by Gasteiger charge is -2.20. The lowest BCUT2D eigenvalue weighted by molar-refractivity contribution is 0.346. The Balaban J connectivity index is 2.58. The third-order valence-electron chi connectivity index (χ3n) is 2.56. The Morgan fingerprint density at radius 1 is 1.33 bits per heavy atom. The number of nitrogens with zero attached hydrogens (tertiary/aromatic N) is 1. The van der Waals surface area contributed by atoms with Crippen LogP contribution in [-0.2, 0) is 6.42 Å². The SMILES string of the molecule is CNC(Cc1cccc(C)c1)CN(C)C. The van der Waals surface area contributed by atoms with Gasteiger partial charge < -0.3 is 10.2 Å². The Bertz CT molecular complexity index is 294. The van der Waals surface area contributed by atoms with E-state index in [9.17, 15) is 0 Å². The number of hydrogen-bond donors (Lipinski definition) is 1. The van der Waals surface area contributed by atoms with Crippen molar-refractivity contribution in [1.29, 1.82) is 0 Å². The fraction of sp³-hybridized carbons (Fsp3) is 0.538. The number of rotatable bonds is 5. The van der Waals surface area contributed by atoms with Crippen LogP contribution < -0.4 is 5.32 Å². The van der Waals surface area contributed by atoms with Crippen LogP contribution in [0.1, 0.15) is 11.1 Å². The number of hydrogen-bond acceptors (Lipinski definition) is 2. The van der Waals surface area contributed by atoms with Crippen molar-refractivity contribution in [2.24, 2.45) is 0 Å². The molecule has 84 valence electrons. The minimum atomic E-state index is 0.529. The highest BCUT2D eigenvalue weighted by atomic mass is 15.1. The van der Waals surface area contributed by atoms with E-state index in [1.54, 1.807) is 0 Å². The first-order valence-corrected chi connectivity index (χ1v) is 5.49. The van der Waals surface area contributed by atoms with Gasteiger partial charge in [0.1, 0.15) is 0 Å². The Morgan fingerprint density at radius 3 is 2.60 bits per heavy atom. The van der Waals surface area contributed by atoms with Crippen molar-refractivity contribution >= 4 is 0 Å². The van der Waals surface area contributed by atoms with Crippen LogP contribution in [0.2, 0.25) is 0 Å². The molecule has 0 aliphatic heterocycles. The maximum absolute atomic E-state index is 3.36. The van der Waals surface area contributed by atoms with Crippen molar-refractivity contribution in [3.8, 4) is 0 Å². The molecule has 0 heterocycles. The monoisotopic (exact) mass is 206 g/mol. The Kier molecular flexibility index (Phi) is 4.79. The molecular formula is C13H22N2. The van der Waals surface area contributed by atoms with E-state index in [0.29, 0.717) is 6.04 Å². The van der Waals surface area contributed by atoms with Gasteiger partial charge in [0.25, 0.3) is 0 Å². The number of nitrogens with one attached hydrogen (secondary N) is 1. The Labute approximate surface area is 93.3 Å². The molecule has 2 nitrogen and oxygen atoms in total. The van der Waals surface area contributed by atoms with Gasteiger partial charge >= 0.3 is 0 Å². The molecule has 0 aliphatic rings. The van der Waals surface area contributed by atoms with Gasteiger partial charge in [0.05, 0.1) is 0 Å². The zero-order valence-corrected chi connectivity index (χ0v) is 10.2. The van der Waals surface area contributed by atoms with Crippen molar-refractivity contribution in [2.45, 2.75) is 19.4 Å². The van der Waals surface area contributed by atoms with Crippen LogP contribution in [0.15, 0.2) is 24.3 Å². The second kappa shape index (κ2) is 5.89. The van der Waals surface area contributed by atoms with Crippen LogP contribution in [0.5, 0.6) is 0 Å². The molecule has 1 N–H and O–H groups in total. The minimum absolute atomic E-state index is 0.529. The summed E-state index contributed by atoms with van der Waals surface area (Å²) in [7, 11) is 6.26. The smallest absolute Gasteiger partial charge is 0.0232 e. The quantitative estimate of drug-likeness (QED) is 0.788. The van der Waals surface area contributed by atoms with Crippen LogP contribution in [-0.4, -0.2) is 38.6 Å². The molecule has 0 saturated heterocycles. The van der Waals surface area contributed by atoms with Gasteiger partial charge in [-0.25, -0.2) is 0 Å². The summed E-state index contributed by atoms with van der Waals surface area (Å²) in [5.41, 5.74) is 2.75. The molecule has 2 heteroatoms. The molecule has 0 fully saturated rings. The highest BCUT2D eigenvalue weighted by Gasteiger charge is 2.07. The summed E-state index contributed by atoms with van der Waals surface area (Å²) in [5, 5.41) is 3.36. The van der Waals surface area contributed by atoms with E-state index in [0.717, 1.165) is 13.0 Å². The van der Waals surface area contributed by atoms with E-state index in [2.05, 4.69) is 55.5 Å². The van der Waals surface area contributed by atoms with Crippen molar-refractivity contribution in [3.63, 3.8) is 0 Å². The standard InChI is InChI=1S/C13H22N2/c1-11-6-5-7-12(8-11)9-13(14-2)10-15(3)4/h5-8,13-14H,9-10H2,1-4H3. The highest BCUT2D eigenvalue weighted by molar-refractivity contribution is 5.23. The lowest BCUT2D eigenvalue weighted by atomic mass is 10.0. The summed E-state index contributed by atoms with van der Waals surface area (Å²) in [6.07, 6.45) is 1.09. The van der Waals surface area contributed by atoms with E-state index >= 15 is 0 Å². The first-order valence-electron chi connectivity index (χ1n) is 5.49. The second-order valence-corrected chi connectivity index (χ2v) is 4.44. The zero-order chi connectivity index (χ0) is 11.3. The molecule has 0 saturated carbocycles. The maximum atomic E-state index is 3.36. The normalized spacial score (nSPS) is 13.1. The van der Waals surface area contributed by atoms with Gasteiger partial charge in [-0.1, -0.05) is 29.8 Å². The van der Waals surface area contributed by atoms with Crippen molar-refractivity contribution < 1.29 is 0 Å². The Morgan fingerprint density at radius 2 is 2.07 bits per heavy atom. The van der Waals surface area contributed by atoms with E-state index in [-0.39, 0.29) is 0 Å². The van der Waals surface area contributed by atoms with Crippen LogP contribution in [0.3, 0.4) is 0 Å². The number of benzene rings is 1. The molecule has 0 radical (unpaired) electrons. The summed E-state index contributed by atoms with van der Waals surface area (Å²) in [4.78, 5) is 2.22. The molecule has 0 aliphatic carbocycles. The summed E-state index contributed by atoms with van der Waals surface area (Å²) < 4.78 is 0. The molecule has 15 heavy (non-hydrogen) atoms. The third kappa shape index (κ3) is 4.45. The van der Waals surface area contributed by atoms with Gasteiger partial charge in [0.15, 0.2) is 0 Å². The molecule has 1 aromatic rings. The average molecular weight is 206 g/mol. The minimum Gasteiger partial charge on any atom is -0.315 e. The van der Waals surface area contributed by atoms with Gasteiger partial charge in [-0.3, -0.25) is 0 Å². The van der Waals surface area contributed by atoms with Crippen molar-refractivity contribution in [2.75, 3.05) is 27.7 Å². The summed E-state index contributed by atoms with van der Waals surface area (Å²) in [6, 6.07) is 9.27. The van der Waals surface area contributed by atoms with Crippen LogP contribution in [0, 0.1) is 6.92 Å². The average Bonchev–Trinajstić information content (AvgIpc) is 2.16. The Hall–Kier alpha value is -0.860. The van der Waals surface area contributed by atoms with Gasteiger partial charge in [-0.05, 0) is 40.1 Å². The predicted octanol–water partition coefficient (Wildman–Crippen LogP) is 1.69. The second-order valence-electron chi connectivity index (χ2n) is 4.44. The summed E-state index contributed by atoms with van der Waals surface area (Å²) in [5.74, 6) is 0. The maximum Gasteiger partial charge on any atom is 0.0232 e.